The van der Waals surface area contributed by atoms with Crippen molar-refractivity contribution in [3.05, 3.63) is 60.2 Å². The van der Waals surface area contributed by atoms with Gasteiger partial charge in [-0.3, -0.25) is 4.55 Å². The quantitative estimate of drug-likeness (QED) is 0.456. The van der Waals surface area contributed by atoms with Gasteiger partial charge in [0, 0.05) is 0 Å². The molecule has 4 aromatic rings. The molecule has 4 rings (SSSR count). The lowest BCUT2D eigenvalue weighted by Crippen LogP contribution is -2.07. The Labute approximate surface area is 133 Å². The van der Waals surface area contributed by atoms with E-state index in [1.165, 1.54) is 21.5 Å². The Balaban J connectivity index is 1.89. The zero-order chi connectivity index (χ0) is 16.0. The highest BCUT2D eigenvalue weighted by atomic mass is 32.3. The van der Waals surface area contributed by atoms with E-state index >= 15 is 0 Å². The van der Waals surface area contributed by atoms with Crippen molar-refractivity contribution in [2.45, 2.75) is 6.42 Å². The average Bonchev–Trinajstić information content (AvgIpc) is 2.52. The Bertz CT molecular complexity index is 1100. The van der Waals surface area contributed by atoms with Crippen molar-refractivity contribution < 1.29 is 17.2 Å². The van der Waals surface area contributed by atoms with E-state index in [-0.39, 0.29) is 6.61 Å². The van der Waals surface area contributed by atoms with Gasteiger partial charge in [0.2, 0.25) is 0 Å². The molecule has 116 valence electrons. The first-order chi connectivity index (χ1) is 11.0. The van der Waals surface area contributed by atoms with Crippen molar-refractivity contribution in [3.63, 3.8) is 0 Å². The molecule has 5 heteroatoms. The molecular weight excluding hydrogens is 312 g/mol. The Morgan fingerprint density at radius 3 is 2.13 bits per heavy atom. The predicted octanol–water partition coefficient (Wildman–Crippen LogP) is 3.95. The lowest BCUT2D eigenvalue weighted by Gasteiger charge is -2.13. The van der Waals surface area contributed by atoms with Crippen LogP contribution in [0.5, 0.6) is 0 Å². The summed E-state index contributed by atoms with van der Waals surface area (Å²) in [5.41, 5.74) is 0.999. The Morgan fingerprint density at radius 2 is 1.43 bits per heavy atom. The van der Waals surface area contributed by atoms with Crippen LogP contribution >= 0.6 is 0 Å². The topological polar surface area (TPSA) is 63.6 Å². The van der Waals surface area contributed by atoms with E-state index in [1.54, 1.807) is 0 Å². The molecule has 0 aliphatic carbocycles. The molecule has 0 aliphatic rings. The van der Waals surface area contributed by atoms with E-state index in [4.69, 9.17) is 4.55 Å². The van der Waals surface area contributed by atoms with Crippen LogP contribution in [0.2, 0.25) is 0 Å². The summed E-state index contributed by atoms with van der Waals surface area (Å²) in [5.74, 6) is 0. The average molecular weight is 326 g/mol. The van der Waals surface area contributed by atoms with Crippen molar-refractivity contribution in [3.8, 4) is 0 Å². The van der Waals surface area contributed by atoms with Crippen LogP contribution in [0.4, 0.5) is 0 Å². The molecule has 0 saturated carbocycles. The number of hydrogen-bond acceptors (Lipinski definition) is 3. The fourth-order valence-electron chi connectivity index (χ4n) is 3.27. The molecule has 0 unspecified atom stereocenters. The summed E-state index contributed by atoms with van der Waals surface area (Å²) in [6.45, 7) is -0.0806. The minimum absolute atomic E-state index is 0.0806. The predicted molar refractivity (Wildman–Crippen MR) is 91.4 cm³/mol. The summed E-state index contributed by atoms with van der Waals surface area (Å²) >= 11 is 0. The van der Waals surface area contributed by atoms with Crippen molar-refractivity contribution in [2.75, 3.05) is 6.61 Å². The van der Waals surface area contributed by atoms with Gasteiger partial charge >= 0.3 is 10.4 Å². The van der Waals surface area contributed by atoms with E-state index in [1.807, 2.05) is 18.2 Å². The smallest absolute Gasteiger partial charge is 0.264 e. The van der Waals surface area contributed by atoms with Gasteiger partial charge in [0.05, 0.1) is 6.61 Å². The first kappa shape index (κ1) is 14.4. The van der Waals surface area contributed by atoms with Gasteiger partial charge in [0.15, 0.2) is 0 Å². The maximum absolute atomic E-state index is 10.7. The minimum Gasteiger partial charge on any atom is -0.264 e. The highest BCUT2D eigenvalue weighted by Crippen LogP contribution is 2.35. The molecule has 0 radical (unpaired) electrons. The van der Waals surface area contributed by atoms with Crippen molar-refractivity contribution in [2.24, 2.45) is 0 Å². The van der Waals surface area contributed by atoms with Crippen LogP contribution in [0.15, 0.2) is 54.6 Å². The summed E-state index contributed by atoms with van der Waals surface area (Å²) in [7, 11) is -4.40. The van der Waals surface area contributed by atoms with Crippen molar-refractivity contribution >= 4 is 42.7 Å². The maximum Gasteiger partial charge on any atom is 0.397 e. The molecule has 0 spiro atoms. The molecule has 0 amide bonds. The van der Waals surface area contributed by atoms with E-state index in [9.17, 15) is 8.42 Å². The molecule has 0 fully saturated rings. The van der Waals surface area contributed by atoms with Crippen LogP contribution in [-0.2, 0) is 21.0 Å². The van der Waals surface area contributed by atoms with Crippen LogP contribution < -0.4 is 0 Å². The Morgan fingerprint density at radius 1 is 0.826 bits per heavy atom. The zero-order valence-corrected chi connectivity index (χ0v) is 13.0. The molecule has 0 heterocycles. The summed E-state index contributed by atoms with van der Waals surface area (Å²) in [6, 6.07) is 18.6. The van der Waals surface area contributed by atoms with Gasteiger partial charge in [-0.05, 0) is 44.3 Å². The molecule has 23 heavy (non-hydrogen) atoms. The first-order valence-corrected chi connectivity index (χ1v) is 8.67. The fourth-order valence-corrected chi connectivity index (χ4v) is 3.56. The second-order valence-electron chi connectivity index (χ2n) is 5.58. The van der Waals surface area contributed by atoms with Gasteiger partial charge in [-0.15, -0.1) is 0 Å². The second-order valence-corrected chi connectivity index (χ2v) is 6.67. The van der Waals surface area contributed by atoms with Crippen LogP contribution in [0.25, 0.3) is 32.3 Å². The molecule has 4 nitrogen and oxygen atoms in total. The van der Waals surface area contributed by atoms with E-state index < -0.39 is 10.4 Å². The molecule has 0 bridgehead atoms. The normalized spacial score (nSPS) is 12.6. The van der Waals surface area contributed by atoms with E-state index in [0.29, 0.717) is 6.42 Å². The molecule has 0 atom stereocenters. The zero-order valence-electron chi connectivity index (χ0n) is 12.2. The van der Waals surface area contributed by atoms with E-state index in [2.05, 4.69) is 40.6 Å². The van der Waals surface area contributed by atoms with Crippen LogP contribution in [0, 0.1) is 0 Å². The molecule has 0 aliphatic heterocycles. The summed E-state index contributed by atoms with van der Waals surface area (Å²) < 4.78 is 34.5. The number of rotatable bonds is 4. The van der Waals surface area contributed by atoms with Crippen LogP contribution in [-0.4, -0.2) is 19.6 Å². The third-order valence-electron chi connectivity index (χ3n) is 4.22. The Hall–Kier alpha value is -2.21. The molecule has 4 aromatic carbocycles. The van der Waals surface area contributed by atoms with Crippen LogP contribution in [0.3, 0.4) is 0 Å². The first-order valence-electron chi connectivity index (χ1n) is 7.30. The molecular formula is C18H14O4S. The lowest BCUT2D eigenvalue weighted by molar-refractivity contribution is 0.272. The molecule has 1 N–H and O–H groups in total. The third-order valence-corrected chi connectivity index (χ3v) is 4.69. The maximum atomic E-state index is 10.7. The second kappa shape index (κ2) is 5.16. The minimum atomic E-state index is -4.40. The van der Waals surface area contributed by atoms with Gasteiger partial charge in [-0.25, -0.2) is 4.18 Å². The van der Waals surface area contributed by atoms with Crippen LogP contribution in [0.1, 0.15) is 5.56 Å². The molecule has 0 saturated heterocycles. The lowest BCUT2D eigenvalue weighted by atomic mass is 9.91. The van der Waals surface area contributed by atoms with Gasteiger partial charge in [0.1, 0.15) is 0 Å². The number of benzene rings is 4. The summed E-state index contributed by atoms with van der Waals surface area (Å²) in [4.78, 5) is 0. The fraction of sp³-hybridized carbons (Fsp3) is 0.111. The highest BCUT2D eigenvalue weighted by molar-refractivity contribution is 7.80. The molecule has 0 aromatic heterocycles. The number of hydrogen-bond donors (Lipinski definition) is 1. The Kier molecular flexibility index (Phi) is 3.23. The largest absolute Gasteiger partial charge is 0.397 e. The highest BCUT2D eigenvalue weighted by Gasteiger charge is 2.11. The standard InChI is InChI=1S/C18H14O4S/c19-23(20,21)22-11-10-12-4-5-15-7-6-13-2-1-3-14-8-9-16(12)18(15)17(13)14/h1-9H,10-11H2,(H,19,20,21). The van der Waals surface area contributed by atoms with Gasteiger partial charge < -0.3 is 0 Å². The SMILES string of the molecule is O=S(=O)(O)OCCc1ccc2ccc3cccc4ccc1c2c34. The van der Waals surface area contributed by atoms with Gasteiger partial charge in [-0.1, -0.05) is 54.6 Å². The summed E-state index contributed by atoms with van der Waals surface area (Å²) in [6.07, 6.45) is 0.411. The van der Waals surface area contributed by atoms with Gasteiger partial charge in [0.25, 0.3) is 0 Å². The van der Waals surface area contributed by atoms with E-state index in [0.717, 1.165) is 16.3 Å². The van der Waals surface area contributed by atoms with Gasteiger partial charge in [-0.2, -0.15) is 8.42 Å². The third kappa shape index (κ3) is 2.53. The van der Waals surface area contributed by atoms with Crippen molar-refractivity contribution in [1.82, 2.24) is 0 Å². The van der Waals surface area contributed by atoms with Crippen molar-refractivity contribution in [1.29, 1.82) is 0 Å². The summed E-state index contributed by atoms with van der Waals surface area (Å²) in [5, 5.41) is 7.03. The monoisotopic (exact) mass is 326 g/mol.